The van der Waals surface area contributed by atoms with Crippen molar-refractivity contribution >= 4 is 28.3 Å². The Kier molecular flexibility index (Phi) is 3.51. The molecule has 0 radical (unpaired) electrons. The van der Waals surface area contributed by atoms with Gasteiger partial charge in [-0.1, -0.05) is 18.2 Å². The number of hydrogen-bond donors (Lipinski definition) is 1. The standard InChI is InChI=1S/C16H10ClFN2O/c17-16-12(11-3-1-2-4-15(11)21-16)9-20-14-6-5-10(8-19)7-13(14)18/h1-7,20H,9H2. The van der Waals surface area contributed by atoms with Gasteiger partial charge in [-0.2, -0.15) is 5.26 Å². The molecule has 1 heterocycles. The minimum Gasteiger partial charge on any atom is -0.444 e. The van der Waals surface area contributed by atoms with Gasteiger partial charge in [0.25, 0.3) is 0 Å². The highest BCUT2D eigenvalue weighted by molar-refractivity contribution is 6.30. The minimum absolute atomic E-state index is 0.282. The van der Waals surface area contributed by atoms with Crippen LogP contribution in [0.5, 0.6) is 0 Å². The van der Waals surface area contributed by atoms with Crippen LogP contribution in [0.25, 0.3) is 11.0 Å². The van der Waals surface area contributed by atoms with Gasteiger partial charge in [0.2, 0.25) is 0 Å². The molecule has 0 amide bonds. The molecule has 0 saturated carbocycles. The maximum Gasteiger partial charge on any atom is 0.199 e. The van der Waals surface area contributed by atoms with E-state index in [2.05, 4.69) is 5.32 Å². The number of anilines is 1. The molecule has 1 N–H and O–H groups in total. The Bertz CT molecular complexity index is 851. The summed E-state index contributed by atoms with van der Waals surface area (Å²) in [5.74, 6) is -0.474. The molecule has 5 heteroatoms. The Morgan fingerprint density at radius 1 is 1.24 bits per heavy atom. The van der Waals surface area contributed by atoms with Crippen LogP contribution in [0.4, 0.5) is 10.1 Å². The molecule has 3 rings (SSSR count). The first kappa shape index (κ1) is 13.5. The van der Waals surface area contributed by atoms with E-state index < -0.39 is 5.82 Å². The van der Waals surface area contributed by atoms with Gasteiger partial charge in [0, 0.05) is 17.5 Å². The summed E-state index contributed by atoms with van der Waals surface area (Å²) in [5, 5.41) is 12.9. The average Bonchev–Trinajstić information content (AvgIpc) is 2.81. The zero-order valence-corrected chi connectivity index (χ0v) is 11.6. The quantitative estimate of drug-likeness (QED) is 0.762. The van der Waals surface area contributed by atoms with E-state index >= 15 is 0 Å². The first-order chi connectivity index (χ1) is 10.2. The maximum absolute atomic E-state index is 13.8. The first-order valence-electron chi connectivity index (χ1n) is 6.28. The second kappa shape index (κ2) is 5.47. The lowest BCUT2D eigenvalue weighted by Gasteiger charge is -2.07. The Morgan fingerprint density at radius 3 is 2.81 bits per heavy atom. The lowest BCUT2D eigenvalue weighted by molar-refractivity contribution is 0.612. The number of furan rings is 1. The summed E-state index contributed by atoms with van der Waals surface area (Å²) in [6, 6.07) is 13.6. The highest BCUT2D eigenvalue weighted by Gasteiger charge is 2.12. The molecule has 3 aromatic rings. The lowest BCUT2D eigenvalue weighted by Crippen LogP contribution is -2.01. The predicted octanol–water partition coefficient (Wildman–Crippen LogP) is 4.71. The molecule has 0 unspecified atom stereocenters. The average molecular weight is 301 g/mol. The number of rotatable bonds is 3. The van der Waals surface area contributed by atoms with E-state index in [1.54, 1.807) is 6.07 Å². The largest absolute Gasteiger partial charge is 0.444 e. The number of nitrogens with zero attached hydrogens (tertiary/aromatic N) is 1. The molecule has 0 aliphatic carbocycles. The fourth-order valence-corrected chi connectivity index (χ4v) is 2.40. The van der Waals surface area contributed by atoms with Crippen molar-refractivity contribution < 1.29 is 8.81 Å². The number of para-hydroxylation sites is 1. The van der Waals surface area contributed by atoms with Gasteiger partial charge in [-0.25, -0.2) is 4.39 Å². The molecule has 0 saturated heterocycles. The van der Waals surface area contributed by atoms with Crippen LogP contribution in [0.15, 0.2) is 46.9 Å². The third-order valence-corrected chi connectivity index (χ3v) is 3.51. The summed E-state index contributed by atoms with van der Waals surface area (Å²) in [6.07, 6.45) is 0. The Hall–Kier alpha value is -2.51. The lowest BCUT2D eigenvalue weighted by atomic mass is 10.1. The predicted molar refractivity (Wildman–Crippen MR) is 79.7 cm³/mol. The van der Waals surface area contributed by atoms with Crippen LogP contribution in [0, 0.1) is 17.1 Å². The van der Waals surface area contributed by atoms with Crippen molar-refractivity contribution in [3.63, 3.8) is 0 Å². The van der Waals surface area contributed by atoms with Gasteiger partial charge in [0.05, 0.1) is 17.3 Å². The number of fused-ring (bicyclic) bond motifs is 1. The molecule has 2 aromatic carbocycles. The normalized spacial score (nSPS) is 10.5. The number of benzene rings is 2. The second-order valence-corrected chi connectivity index (χ2v) is 4.85. The van der Waals surface area contributed by atoms with E-state index in [1.807, 2.05) is 30.3 Å². The molecule has 0 aliphatic heterocycles. The fraction of sp³-hybridized carbons (Fsp3) is 0.0625. The molecule has 0 spiro atoms. The Morgan fingerprint density at radius 2 is 2.05 bits per heavy atom. The van der Waals surface area contributed by atoms with Crippen LogP contribution in [-0.4, -0.2) is 0 Å². The summed E-state index contributed by atoms with van der Waals surface area (Å²) in [5.41, 5.74) is 2.07. The molecule has 0 fully saturated rings. The van der Waals surface area contributed by atoms with Gasteiger partial charge in [0.15, 0.2) is 5.22 Å². The molecule has 21 heavy (non-hydrogen) atoms. The van der Waals surface area contributed by atoms with Gasteiger partial charge in [-0.3, -0.25) is 0 Å². The van der Waals surface area contributed by atoms with Crippen molar-refractivity contribution in [1.82, 2.24) is 0 Å². The van der Waals surface area contributed by atoms with E-state index in [1.165, 1.54) is 12.1 Å². The summed E-state index contributed by atoms with van der Waals surface area (Å²) >= 11 is 6.08. The molecule has 0 aliphatic rings. The fourth-order valence-electron chi connectivity index (χ4n) is 2.15. The zero-order chi connectivity index (χ0) is 14.8. The van der Waals surface area contributed by atoms with Gasteiger partial charge >= 0.3 is 0 Å². The first-order valence-corrected chi connectivity index (χ1v) is 6.66. The summed E-state index contributed by atoms with van der Waals surface area (Å²) in [7, 11) is 0. The van der Waals surface area contributed by atoms with Crippen LogP contribution in [0.2, 0.25) is 5.22 Å². The van der Waals surface area contributed by atoms with Crippen LogP contribution < -0.4 is 5.32 Å². The molecule has 0 atom stereocenters. The summed E-state index contributed by atoms with van der Waals surface area (Å²) in [4.78, 5) is 0. The summed E-state index contributed by atoms with van der Waals surface area (Å²) in [6.45, 7) is 0.332. The SMILES string of the molecule is N#Cc1ccc(NCc2c(Cl)oc3ccccc23)c(F)c1. The van der Waals surface area contributed by atoms with Gasteiger partial charge in [0.1, 0.15) is 11.4 Å². The zero-order valence-electron chi connectivity index (χ0n) is 10.9. The third kappa shape index (κ3) is 2.56. The van der Waals surface area contributed by atoms with Crippen molar-refractivity contribution in [1.29, 1.82) is 5.26 Å². The van der Waals surface area contributed by atoms with Crippen molar-refractivity contribution in [2.45, 2.75) is 6.54 Å². The van der Waals surface area contributed by atoms with E-state index in [-0.39, 0.29) is 10.8 Å². The van der Waals surface area contributed by atoms with Crippen LogP contribution in [0.1, 0.15) is 11.1 Å². The second-order valence-electron chi connectivity index (χ2n) is 4.51. The number of hydrogen-bond acceptors (Lipinski definition) is 3. The van der Waals surface area contributed by atoms with Crippen molar-refractivity contribution in [3.05, 3.63) is 64.6 Å². The molecule has 1 aromatic heterocycles. The van der Waals surface area contributed by atoms with E-state index in [9.17, 15) is 4.39 Å². The third-order valence-electron chi connectivity index (χ3n) is 3.20. The van der Waals surface area contributed by atoms with Crippen molar-refractivity contribution in [2.75, 3.05) is 5.32 Å². The van der Waals surface area contributed by atoms with E-state index in [4.69, 9.17) is 21.3 Å². The van der Waals surface area contributed by atoms with Gasteiger partial charge in [-0.05, 0) is 35.9 Å². The Labute approximate surface area is 125 Å². The van der Waals surface area contributed by atoms with Gasteiger partial charge < -0.3 is 9.73 Å². The van der Waals surface area contributed by atoms with Crippen LogP contribution in [0.3, 0.4) is 0 Å². The Balaban J connectivity index is 1.87. The van der Waals surface area contributed by atoms with Crippen molar-refractivity contribution in [2.24, 2.45) is 0 Å². The molecular formula is C16H10ClFN2O. The van der Waals surface area contributed by atoms with Crippen molar-refractivity contribution in [3.8, 4) is 6.07 Å². The number of nitrogens with one attached hydrogen (secondary N) is 1. The van der Waals surface area contributed by atoms with E-state index in [0.717, 1.165) is 10.9 Å². The highest BCUT2D eigenvalue weighted by atomic mass is 35.5. The topological polar surface area (TPSA) is 49.0 Å². The number of nitriles is 1. The van der Waals surface area contributed by atoms with Crippen LogP contribution in [-0.2, 0) is 6.54 Å². The molecule has 0 bridgehead atoms. The smallest absolute Gasteiger partial charge is 0.199 e. The number of halogens is 2. The van der Waals surface area contributed by atoms with E-state index in [0.29, 0.717) is 17.8 Å². The minimum atomic E-state index is -0.474. The maximum atomic E-state index is 13.8. The monoisotopic (exact) mass is 300 g/mol. The van der Waals surface area contributed by atoms with Gasteiger partial charge in [-0.15, -0.1) is 0 Å². The highest BCUT2D eigenvalue weighted by Crippen LogP contribution is 2.30. The summed E-state index contributed by atoms with van der Waals surface area (Å²) < 4.78 is 19.3. The molecule has 104 valence electrons. The molecule has 3 nitrogen and oxygen atoms in total. The molecular weight excluding hydrogens is 291 g/mol. The van der Waals surface area contributed by atoms with Crippen LogP contribution >= 0.6 is 11.6 Å².